The van der Waals surface area contributed by atoms with Crippen molar-refractivity contribution in [3.05, 3.63) is 0 Å². The van der Waals surface area contributed by atoms with Crippen LogP contribution >= 0.6 is 0 Å². The zero-order valence-electron chi connectivity index (χ0n) is 20.8. The van der Waals surface area contributed by atoms with Crippen molar-refractivity contribution in [3.8, 4) is 0 Å². The molecule has 0 heterocycles. The zero-order valence-corrected chi connectivity index (χ0v) is 22.4. The summed E-state index contributed by atoms with van der Waals surface area (Å²) in [6.45, 7) is 11.4. The van der Waals surface area contributed by atoms with E-state index in [1.54, 1.807) is 48.5 Å². The summed E-state index contributed by atoms with van der Waals surface area (Å²) in [5.41, 5.74) is -3.63. The molecule has 11 heteroatoms. The summed E-state index contributed by atoms with van der Waals surface area (Å²) < 4.78 is 65.7. The Bertz CT molecular complexity index is 761. The Labute approximate surface area is 201 Å². The first kappa shape index (κ1) is 28.7. The van der Waals surface area contributed by atoms with Crippen LogP contribution in [0.1, 0.15) is 80.6 Å². The Morgan fingerprint density at radius 2 is 1.58 bits per heavy atom. The first-order valence-corrected chi connectivity index (χ1v) is 13.8. The highest BCUT2D eigenvalue weighted by molar-refractivity contribution is 7.84. The topological polar surface area (TPSA) is 95.9 Å². The number of hydrogen-bond acceptors (Lipinski definition) is 5. The second-order valence-corrected chi connectivity index (χ2v) is 15.1. The monoisotopic (exact) mass is 514 g/mol. The molecule has 0 aromatic rings. The van der Waals surface area contributed by atoms with Gasteiger partial charge in [0.25, 0.3) is 0 Å². The van der Waals surface area contributed by atoms with Crippen LogP contribution in [0.2, 0.25) is 0 Å². The van der Waals surface area contributed by atoms with Gasteiger partial charge in [-0.2, -0.15) is 0 Å². The van der Waals surface area contributed by atoms with Crippen molar-refractivity contribution in [1.82, 2.24) is 9.03 Å². The van der Waals surface area contributed by atoms with Crippen molar-refractivity contribution in [2.24, 2.45) is 0 Å². The van der Waals surface area contributed by atoms with Gasteiger partial charge in [0.2, 0.25) is 0 Å². The number of halogens is 2. The second-order valence-electron chi connectivity index (χ2n) is 11.0. The standard InChI is InChI=1S/C22H40F2N2O5S2/c1-8-31-18(28)16(17(22(24)12-13-22)25-32(29)19(2,3)4)26(33(30)20(5,6)7)15(9-14-27)21(23)10-11-21/h15-17,25,27H,8-14H2,1-7H3/t15-,16+,17-,32+,33?/m0/s1. The molecule has 0 amide bonds. The summed E-state index contributed by atoms with van der Waals surface area (Å²) >= 11 is 0. The van der Waals surface area contributed by atoms with Gasteiger partial charge in [0.1, 0.15) is 28.4 Å². The van der Waals surface area contributed by atoms with E-state index in [4.69, 9.17) is 4.74 Å². The van der Waals surface area contributed by atoms with Crippen LogP contribution in [0.4, 0.5) is 8.78 Å². The Kier molecular flexibility index (Phi) is 8.92. The third-order valence-electron chi connectivity index (χ3n) is 5.94. The number of rotatable bonds is 12. The minimum atomic E-state index is -1.96. The molecule has 1 unspecified atom stereocenters. The van der Waals surface area contributed by atoms with Crippen LogP contribution in [-0.2, 0) is 31.5 Å². The Hall–Kier alpha value is -0.490. The van der Waals surface area contributed by atoms with Crippen LogP contribution in [-0.4, -0.2) is 76.0 Å². The molecule has 0 radical (unpaired) electrons. The highest BCUT2D eigenvalue weighted by atomic mass is 32.2. The van der Waals surface area contributed by atoms with E-state index in [9.17, 15) is 18.3 Å². The minimum Gasteiger partial charge on any atom is -0.465 e. The average Bonchev–Trinajstić information content (AvgIpc) is 3.60. The normalized spacial score (nSPS) is 24.0. The van der Waals surface area contributed by atoms with E-state index in [2.05, 4.69) is 4.72 Å². The van der Waals surface area contributed by atoms with Gasteiger partial charge >= 0.3 is 5.97 Å². The zero-order chi connectivity index (χ0) is 25.4. The van der Waals surface area contributed by atoms with Crippen LogP contribution in [0.15, 0.2) is 0 Å². The largest absolute Gasteiger partial charge is 0.465 e. The van der Waals surface area contributed by atoms with Crippen molar-refractivity contribution < 1.29 is 31.8 Å². The fourth-order valence-electron chi connectivity index (χ4n) is 3.71. The molecule has 0 spiro atoms. The SMILES string of the molecule is CCOC(=O)[C@@H]([C@H](N[S@](=O)C(C)(C)C)C1(F)CC1)N([C@@H](CCO)C1(F)CC1)S(=O)C(C)(C)C. The van der Waals surface area contributed by atoms with Crippen LogP contribution in [0.25, 0.3) is 0 Å². The minimum absolute atomic E-state index is 0.00880. The maximum absolute atomic E-state index is 15.8. The summed E-state index contributed by atoms with van der Waals surface area (Å²) in [7, 11) is -3.71. The van der Waals surface area contributed by atoms with E-state index in [0.29, 0.717) is 0 Å². The van der Waals surface area contributed by atoms with E-state index in [1.165, 1.54) is 4.31 Å². The van der Waals surface area contributed by atoms with E-state index in [-0.39, 0.29) is 38.7 Å². The molecule has 0 aliphatic heterocycles. The number of esters is 1. The number of carbonyl (C=O) groups is 1. The highest BCUT2D eigenvalue weighted by Crippen LogP contribution is 2.50. The lowest BCUT2D eigenvalue weighted by atomic mass is 9.98. The third kappa shape index (κ3) is 6.80. The van der Waals surface area contributed by atoms with Gasteiger partial charge in [-0.3, -0.25) is 4.79 Å². The Morgan fingerprint density at radius 3 is 1.94 bits per heavy atom. The van der Waals surface area contributed by atoms with Gasteiger partial charge in [0, 0.05) is 6.61 Å². The van der Waals surface area contributed by atoms with Crippen molar-refractivity contribution >= 4 is 27.9 Å². The van der Waals surface area contributed by atoms with Gasteiger partial charge in [0.05, 0.1) is 39.2 Å². The third-order valence-corrected chi connectivity index (χ3v) is 9.44. The van der Waals surface area contributed by atoms with Crippen molar-refractivity contribution in [1.29, 1.82) is 0 Å². The smallest absolute Gasteiger partial charge is 0.326 e. The predicted molar refractivity (Wildman–Crippen MR) is 127 cm³/mol. The number of aliphatic hydroxyl groups is 1. The van der Waals surface area contributed by atoms with Crippen molar-refractivity contribution in [2.75, 3.05) is 13.2 Å². The van der Waals surface area contributed by atoms with Crippen LogP contribution < -0.4 is 4.72 Å². The van der Waals surface area contributed by atoms with Crippen LogP contribution in [0.5, 0.6) is 0 Å². The Morgan fingerprint density at radius 1 is 1.06 bits per heavy atom. The van der Waals surface area contributed by atoms with E-state index in [1.807, 2.05) is 0 Å². The summed E-state index contributed by atoms with van der Waals surface area (Å²) in [5, 5.41) is 9.70. The summed E-state index contributed by atoms with van der Waals surface area (Å²) in [6.07, 6.45) is 0.560. The molecular formula is C22H40F2N2O5S2. The number of aliphatic hydroxyl groups excluding tert-OH is 1. The van der Waals surface area contributed by atoms with E-state index in [0.717, 1.165) is 0 Å². The maximum Gasteiger partial charge on any atom is 0.326 e. The molecular weight excluding hydrogens is 474 g/mol. The molecule has 2 aliphatic carbocycles. The molecule has 2 aliphatic rings. The van der Waals surface area contributed by atoms with Gasteiger partial charge in [0.15, 0.2) is 0 Å². The van der Waals surface area contributed by atoms with E-state index < -0.39 is 73.5 Å². The fraction of sp³-hybridized carbons (Fsp3) is 0.955. The molecule has 2 rings (SSSR count). The quantitative estimate of drug-likeness (QED) is 0.391. The van der Waals surface area contributed by atoms with Gasteiger partial charge in [-0.05, 0) is 80.6 Å². The number of carbonyl (C=O) groups excluding carboxylic acids is 1. The van der Waals surface area contributed by atoms with E-state index >= 15 is 8.78 Å². The number of hydrogen-bond donors (Lipinski definition) is 2. The molecule has 2 saturated carbocycles. The number of nitrogens with one attached hydrogen (secondary N) is 1. The molecule has 2 fully saturated rings. The molecule has 5 atom stereocenters. The number of nitrogens with zero attached hydrogens (tertiary/aromatic N) is 1. The van der Waals surface area contributed by atoms with Crippen molar-refractivity contribution in [3.63, 3.8) is 0 Å². The molecule has 0 aromatic carbocycles. The van der Waals surface area contributed by atoms with Gasteiger partial charge in [-0.25, -0.2) is 26.2 Å². The van der Waals surface area contributed by atoms with Gasteiger partial charge in [-0.15, -0.1) is 0 Å². The van der Waals surface area contributed by atoms with Crippen molar-refractivity contribution in [2.45, 2.75) is 120 Å². The molecule has 0 bridgehead atoms. The van der Waals surface area contributed by atoms with Gasteiger partial charge < -0.3 is 9.84 Å². The fourth-order valence-corrected chi connectivity index (χ4v) is 6.20. The lowest BCUT2D eigenvalue weighted by Crippen LogP contribution is -2.66. The summed E-state index contributed by atoms with van der Waals surface area (Å²) in [4.78, 5) is 13.3. The summed E-state index contributed by atoms with van der Waals surface area (Å²) in [6, 6.07) is -3.91. The molecule has 7 nitrogen and oxygen atoms in total. The average molecular weight is 515 g/mol. The number of ether oxygens (including phenoxy) is 1. The molecule has 194 valence electrons. The summed E-state index contributed by atoms with van der Waals surface area (Å²) in [5.74, 6) is -0.852. The predicted octanol–water partition coefficient (Wildman–Crippen LogP) is 2.86. The molecule has 0 aromatic heterocycles. The lowest BCUT2D eigenvalue weighted by Gasteiger charge is -2.44. The first-order chi connectivity index (χ1) is 15.0. The van der Waals surface area contributed by atoms with Crippen LogP contribution in [0.3, 0.4) is 0 Å². The van der Waals surface area contributed by atoms with Crippen LogP contribution in [0, 0.1) is 0 Å². The first-order valence-electron chi connectivity index (χ1n) is 11.6. The van der Waals surface area contributed by atoms with Gasteiger partial charge in [-0.1, -0.05) is 0 Å². The molecule has 33 heavy (non-hydrogen) atoms. The maximum atomic E-state index is 15.8. The second kappa shape index (κ2) is 10.2. The number of alkyl halides is 2. The molecule has 2 N–H and O–H groups in total. The highest BCUT2D eigenvalue weighted by Gasteiger charge is 2.63. The molecule has 0 saturated heterocycles. The lowest BCUT2D eigenvalue weighted by molar-refractivity contribution is -0.150. The Balaban J connectivity index is 2.66.